The number of para-hydroxylation sites is 4. The lowest BCUT2D eigenvalue weighted by atomic mass is 10.0. The third-order valence-corrected chi connectivity index (χ3v) is 14.7. The first-order valence-corrected chi connectivity index (χ1v) is 27.0. The van der Waals surface area contributed by atoms with Gasteiger partial charge in [0.2, 0.25) is 0 Å². The largest absolute Gasteiger partial charge is 0.374 e. The predicted molar refractivity (Wildman–Crippen MR) is 325 cm³/mol. The van der Waals surface area contributed by atoms with Crippen LogP contribution in [-0.4, -0.2) is 64.4 Å². The molecule has 4 aromatic heterocycles. The van der Waals surface area contributed by atoms with E-state index in [1.807, 2.05) is 36.1 Å². The SMILES string of the molecule is CN1C=CCc2ccccc21.CN1CCCc2ccccc21.CN1CCc2ccccc21.CN1Cc2ccccc2C1.Cn1ccc2c1C=CC2.Cn1ccc2c1CC=C2.Cn1ccc2ccccc21.Cn1cccc1. The number of allylic oxidation sites excluding steroid dienone is 3. The minimum absolute atomic E-state index is 1.07. The van der Waals surface area contributed by atoms with Gasteiger partial charge in [-0.3, -0.25) is 4.90 Å². The molecule has 8 heteroatoms. The minimum Gasteiger partial charge on any atom is -0.374 e. The van der Waals surface area contributed by atoms with Crippen LogP contribution in [0.2, 0.25) is 0 Å². The van der Waals surface area contributed by atoms with Gasteiger partial charge >= 0.3 is 0 Å². The number of aromatic nitrogens is 4. The van der Waals surface area contributed by atoms with E-state index in [1.54, 1.807) is 0 Å². The fraction of sp³-hybridized carbons (Fsp3) is 0.265. The van der Waals surface area contributed by atoms with Gasteiger partial charge in [0.1, 0.15) is 0 Å². The number of hydrogen-bond acceptors (Lipinski definition) is 4. The molecule has 0 atom stereocenters. The summed E-state index contributed by atoms with van der Waals surface area (Å²) >= 11 is 0. The highest BCUT2D eigenvalue weighted by Gasteiger charge is 2.15. The molecule has 9 aromatic rings. The smallest absolute Gasteiger partial charge is 0.0477 e. The maximum absolute atomic E-state index is 2.33. The Morgan fingerprint density at radius 2 is 0.934 bits per heavy atom. The molecule has 0 N–H and O–H groups in total. The van der Waals surface area contributed by atoms with Gasteiger partial charge in [0.05, 0.1) is 0 Å². The van der Waals surface area contributed by atoms with Crippen molar-refractivity contribution in [3.05, 3.63) is 257 Å². The summed E-state index contributed by atoms with van der Waals surface area (Å²) in [4.78, 5) is 9.11. The van der Waals surface area contributed by atoms with Crippen molar-refractivity contribution in [3.8, 4) is 0 Å². The van der Waals surface area contributed by atoms with Crippen LogP contribution < -0.4 is 14.7 Å². The Balaban J connectivity index is 0.000000116. The average molecular weight is 1010 g/mol. The summed E-state index contributed by atoms with van der Waals surface area (Å²) in [7, 11) is 16.8. The van der Waals surface area contributed by atoms with E-state index < -0.39 is 0 Å². The van der Waals surface area contributed by atoms with Gasteiger partial charge in [-0.05, 0) is 144 Å². The molecular weight excluding hydrogens is 929 g/mol. The molecule has 0 saturated carbocycles. The van der Waals surface area contributed by atoms with Crippen LogP contribution in [0, 0.1) is 0 Å². The van der Waals surface area contributed by atoms with Gasteiger partial charge < -0.3 is 33.0 Å². The number of hydrogen-bond donors (Lipinski definition) is 0. The van der Waals surface area contributed by atoms with Gasteiger partial charge in [-0.25, -0.2) is 0 Å². The number of likely N-dealkylation sites (N-methyl/N-ethyl adjacent to an activating group) is 1. The number of rotatable bonds is 0. The van der Waals surface area contributed by atoms with Crippen LogP contribution in [0.5, 0.6) is 0 Å². The Kier molecular flexibility index (Phi) is 19.3. The third-order valence-electron chi connectivity index (χ3n) is 14.7. The van der Waals surface area contributed by atoms with E-state index in [0.717, 1.165) is 32.4 Å². The van der Waals surface area contributed by atoms with Crippen molar-refractivity contribution in [3.63, 3.8) is 0 Å². The van der Waals surface area contributed by atoms with Crippen molar-refractivity contribution in [1.29, 1.82) is 0 Å². The topological polar surface area (TPSA) is 32.7 Å². The summed E-state index contributed by atoms with van der Waals surface area (Å²) in [6.45, 7) is 4.63. The highest BCUT2D eigenvalue weighted by Crippen LogP contribution is 2.27. The molecule has 0 unspecified atom stereocenters. The van der Waals surface area contributed by atoms with Crippen molar-refractivity contribution in [1.82, 2.24) is 23.2 Å². The predicted octanol–water partition coefficient (Wildman–Crippen LogP) is 14.0. The Morgan fingerprint density at radius 1 is 0.382 bits per heavy atom. The highest BCUT2D eigenvalue weighted by atomic mass is 15.1. The van der Waals surface area contributed by atoms with Crippen molar-refractivity contribution in [2.75, 3.05) is 56.0 Å². The molecule has 0 amide bonds. The first-order valence-electron chi connectivity index (χ1n) is 27.0. The summed E-state index contributed by atoms with van der Waals surface area (Å²) in [5, 5.41) is 1.31. The quantitative estimate of drug-likeness (QED) is 0.152. The second kappa shape index (κ2) is 27.0. The Morgan fingerprint density at radius 3 is 1.55 bits per heavy atom. The van der Waals surface area contributed by atoms with Crippen molar-refractivity contribution < 1.29 is 0 Å². The summed E-state index contributed by atoms with van der Waals surface area (Å²) in [6.07, 6.45) is 30.4. The molecule has 4 aliphatic heterocycles. The second-order valence-electron chi connectivity index (χ2n) is 20.4. The van der Waals surface area contributed by atoms with E-state index in [4.69, 9.17) is 0 Å². The number of nitrogens with zero attached hydrogens (tertiary/aromatic N) is 8. The standard InChI is InChI=1S/C10H13N.C10H11N.2C9H11N.C9H9N.2C8H9N.C5H7N/c2*1-11-8-4-6-9-5-2-3-7-10(9)11;1-10-6-8-4-2-3-5-9(8)7-10;2*1-10-7-6-8-4-2-3-5-9(8)10;2*1-9-6-5-7-3-2-4-8(7)9;1-6-4-2-3-5-6/h2-3,5,7H,4,6,8H2,1H3;2-5,7-8H,6H2,1H3;2*2-5H,6-7H2,1H3;2-7H,1H3;2,4-6H,3H2,1H3;2-3,5-6H,4H2,1H3;2-5H,1H3. The van der Waals surface area contributed by atoms with Crippen LogP contribution in [0.25, 0.3) is 23.1 Å². The first kappa shape index (κ1) is 54.3. The number of fused-ring (bicyclic) bond motifs is 7. The Labute approximate surface area is 454 Å². The molecular formula is C68H80N8. The Bertz CT molecular complexity index is 3280. The van der Waals surface area contributed by atoms with E-state index in [0.29, 0.717) is 0 Å². The zero-order valence-corrected chi connectivity index (χ0v) is 46.4. The molecule has 392 valence electrons. The maximum Gasteiger partial charge on any atom is 0.0477 e. The van der Waals surface area contributed by atoms with Crippen LogP contribution in [0.1, 0.15) is 56.8 Å². The van der Waals surface area contributed by atoms with Crippen LogP contribution in [-0.2, 0) is 73.4 Å². The Hall–Kier alpha value is -7.94. The zero-order valence-electron chi connectivity index (χ0n) is 46.4. The van der Waals surface area contributed by atoms with Crippen molar-refractivity contribution in [2.45, 2.75) is 51.6 Å². The maximum atomic E-state index is 2.33. The lowest BCUT2D eigenvalue weighted by Gasteiger charge is -2.26. The molecule has 0 radical (unpaired) electrons. The molecule has 8 heterocycles. The molecule has 15 rings (SSSR count). The van der Waals surface area contributed by atoms with E-state index in [-0.39, 0.29) is 0 Å². The van der Waals surface area contributed by atoms with E-state index >= 15 is 0 Å². The van der Waals surface area contributed by atoms with Crippen LogP contribution >= 0.6 is 0 Å². The van der Waals surface area contributed by atoms with Gasteiger partial charge in [-0.2, -0.15) is 0 Å². The summed E-state index contributed by atoms with van der Waals surface area (Å²) < 4.78 is 8.45. The molecule has 76 heavy (non-hydrogen) atoms. The average Bonchev–Trinajstić information content (AvgIpc) is 4.33. The van der Waals surface area contributed by atoms with Gasteiger partial charge in [-0.15, -0.1) is 0 Å². The van der Waals surface area contributed by atoms with E-state index in [1.165, 1.54) is 111 Å². The zero-order chi connectivity index (χ0) is 53.2. The lowest BCUT2D eigenvalue weighted by Crippen LogP contribution is -2.24. The number of benzene rings is 5. The third kappa shape index (κ3) is 14.7. The van der Waals surface area contributed by atoms with Crippen LogP contribution in [0.3, 0.4) is 0 Å². The normalized spacial score (nSPS) is 14.3. The summed E-state index contributed by atoms with van der Waals surface area (Å²) in [5.41, 5.74) is 18.5. The molecule has 0 spiro atoms. The first-order chi connectivity index (χ1) is 37.0. The fourth-order valence-corrected chi connectivity index (χ4v) is 10.4. The van der Waals surface area contributed by atoms with Crippen molar-refractivity contribution in [2.24, 2.45) is 28.2 Å². The number of anilines is 3. The summed E-state index contributed by atoms with van der Waals surface area (Å²) in [5.74, 6) is 0. The van der Waals surface area contributed by atoms with Gasteiger partial charge in [0.15, 0.2) is 0 Å². The van der Waals surface area contributed by atoms with E-state index in [9.17, 15) is 0 Å². The molecule has 6 aliphatic rings. The van der Waals surface area contributed by atoms with Crippen LogP contribution in [0.15, 0.2) is 207 Å². The fourth-order valence-electron chi connectivity index (χ4n) is 10.4. The van der Waals surface area contributed by atoms with Gasteiger partial charge in [0.25, 0.3) is 0 Å². The molecule has 0 bridgehead atoms. The van der Waals surface area contributed by atoms with Gasteiger partial charge in [0, 0.05) is 153 Å². The second-order valence-corrected chi connectivity index (χ2v) is 20.4. The van der Waals surface area contributed by atoms with Crippen molar-refractivity contribution >= 4 is 40.1 Å². The monoisotopic (exact) mass is 1010 g/mol. The molecule has 0 fully saturated rings. The highest BCUT2D eigenvalue weighted by molar-refractivity contribution is 5.79. The number of aryl methyl sites for hydroxylation is 5. The lowest BCUT2D eigenvalue weighted by molar-refractivity contribution is 0.353. The van der Waals surface area contributed by atoms with Crippen LogP contribution in [0.4, 0.5) is 17.1 Å². The van der Waals surface area contributed by atoms with Gasteiger partial charge in [-0.1, -0.05) is 121 Å². The van der Waals surface area contributed by atoms with E-state index in [2.05, 4.69) is 277 Å². The molecule has 0 saturated heterocycles. The molecule has 2 aliphatic carbocycles. The molecule has 5 aromatic carbocycles. The summed E-state index contributed by atoms with van der Waals surface area (Å²) in [6, 6.07) is 53.2. The molecule has 8 nitrogen and oxygen atoms in total. The minimum atomic E-state index is 1.07.